The largest absolute Gasteiger partial charge is 0.355 e. The molecule has 0 radical (unpaired) electrons. The number of nitrogens with zero attached hydrogens (tertiary/aromatic N) is 2. The van der Waals surface area contributed by atoms with Gasteiger partial charge in [0.1, 0.15) is 0 Å². The van der Waals surface area contributed by atoms with Crippen LogP contribution in [-0.4, -0.2) is 41.5 Å². The number of rotatable bonds is 10. The molecule has 1 aromatic heterocycles. The molecule has 0 saturated carbocycles. The van der Waals surface area contributed by atoms with Gasteiger partial charge in [0.15, 0.2) is 0 Å². The van der Waals surface area contributed by atoms with E-state index < -0.39 is 0 Å². The van der Waals surface area contributed by atoms with E-state index >= 15 is 0 Å². The van der Waals surface area contributed by atoms with Gasteiger partial charge in [-0.25, -0.2) is 4.98 Å². The summed E-state index contributed by atoms with van der Waals surface area (Å²) >= 11 is 1.68. The molecule has 28 heavy (non-hydrogen) atoms. The van der Waals surface area contributed by atoms with Gasteiger partial charge in [0, 0.05) is 25.4 Å². The SMILES string of the molecule is CCN(CC)C(CNC(=O)CCc1nc2ccccc2s1)Cc1ccccc1. The Balaban J connectivity index is 1.53. The van der Waals surface area contributed by atoms with Crippen molar-refractivity contribution in [2.24, 2.45) is 0 Å². The van der Waals surface area contributed by atoms with Crippen LogP contribution in [0.25, 0.3) is 10.2 Å². The van der Waals surface area contributed by atoms with Gasteiger partial charge in [-0.15, -0.1) is 11.3 Å². The van der Waals surface area contributed by atoms with Gasteiger partial charge in [-0.05, 0) is 37.2 Å². The first kappa shape index (κ1) is 20.5. The lowest BCUT2D eigenvalue weighted by molar-refractivity contribution is -0.121. The summed E-state index contributed by atoms with van der Waals surface area (Å²) in [5, 5.41) is 4.18. The number of fused-ring (bicyclic) bond motifs is 1. The third-order valence-corrected chi connectivity index (χ3v) is 6.18. The minimum absolute atomic E-state index is 0.101. The smallest absolute Gasteiger partial charge is 0.220 e. The van der Waals surface area contributed by atoms with E-state index in [0.717, 1.165) is 30.0 Å². The van der Waals surface area contributed by atoms with Crippen LogP contribution in [0, 0.1) is 0 Å². The van der Waals surface area contributed by atoms with Crippen molar-refractivity contribution < 1.29 is 4.79 Å². The molecule has 0 aliphatic carbocycles. The fraction of sp³-hybridized carbons (Fsp3) is 0.391. The highest BCUT2D eigenvalue weighted by atomic mass is 32.1. The number of carbonyl (C=O) groups excluding carboxylic acids is 1. The van der Waals surface area contributed by atoms with Crippen molar-refractivity contribution in [3.05, 3.63) is 65.2 Å². The van der Waals surface area contributed by atoms with Crippen molar-refractivity contribution in [3.63, 3.8) is 0 Å². The van der Waals surface area contributed by atoms with Crippen LogP contribution in [0.1, 0.15) is 30.8 Å². The Bertz CT molecular complexity index is 841. The van der Waals surface area contributed by atoms with Gasteiger partial charge < -0.3 is 5.32 Å². The van der Waals surface area contributed by atoms with Crippen LogP contribution in [0.2, 0.25) is 0 Å². The minimum atomic E-state index is 0.101. The van der Waals surface area contributed by atoms with Gasteiger partial charge in [-0.2, -0.15) is 0 Å². The lowest BCUT2D eigenvalue weighted by Gasteiger charge is -2.30. The monoisotopic (exact) mass is 395 g/mol. The van der Waals surface area contributed by atoms with E-state index in [2.05, 4.69) is 59.4 Å². The van der Waals surface area contributed by atoms with Crippen molar-refractivity contribution in [2.75, 3.05) is 19.6 Å². The van der Waals surface area contributed by atoms with Crippen LogP contribution in [-0.2, 0) is 17.6 Å². The molecule has 1 unspecified atom stereocenters. The molecule has 0 aliphatic heterocycles. The van der Waals surface area contributed by atoms with Crippen molar-refractivity contribution in [3.8, 4) is 0 Å². The Morgan fingerprint density at radius 2 is 1.79 bits per heavy atom. The summed E-state index contributed by atoms with van der Waals surface area (Å²) in [6.45, 7) is 6.99. The standard InChI is InChI=1S/C23H29N3OS/c1-3-26(4-2)19(16-18-10-6-5-7-11-18)17-24-22(27)14-15-23-25-20-12-8-9-13-21(20)28-23/h5-13,19H,3-4,14-17H2,1-2H3,(H,24,27). The molecule has 1 amide bonds. The maximum absolute atomic E-state index is 12.4. The zero-order valence-electron chi connectivity index (χ0n) is 16.7. The number of aromatic nitrogens is 1. The number of thiazole rings is 1. The number of para-hydroxylation sites is 1. The van der Waals surface area contributed by atoms with E-state index in [0.29, 0.717) is 25.4 Å². The number of hydrogen-bond acceptors (Lipinski definition) is 4. The Hall–Kier alpha value is -2.24. The topological polar surface area (TPSA) is 45.2 Å². The Morgan fingerprint density at radius 1 is 1.07 bits per heavy atom. The summed E-state index contributed by atoms with van der Waals surface area (Å²) in [4.78, 5) is 19.5. The summed E-state index contributed by atoms with van der Waals surface area (Å²) in [5.41, 5.74) is 2.33. The predicted octanol–water partition coefficient (Wildman–Crippen LogP) is 4.30. The fourth-order valence-electron chi connectivity index (χ4n) is 3.52. The van der Waals surface area contributed by atoms with Gasteiger partial charge in [0.25, 0.3) is 0 Å². The number of benzene rings is 2. The van der Waals surface area contributed by atoms with E-state index in [1.54, 1.807) is 11.3 Å². The molecule has 0 fully saturated rings. The Morgan fingerprint density at radius 3 is 2.50 bits per heavy atom. The average Bonchev–Trinajstić information content (AvgIpc) is 3.15. The van der Waals surface area contributed by atoms with Crippen molar-refractivity contribution in [1.29, 1.82) is 0 Å². The number of aryl methyl sites for hydroxylation is 1. The van der Waals surface area contributed by atoms with E-state index in [-0.39, 0.29) is 5.91 Å². The Labute approximate surface area is 171 Å². The maximum atomic E-state index is 12.4. The molecule has 148 valence electrons. The number of hydrogen-bond donors (Lipinski definition) is 1. The number of carbonyl (C=O) groups is 1. The molecule has 0 saturated heterocycles. The molecule has 3 rings (SSSR count). The molecule has 4 nitrogen and oxygen atoms in total. The van der Waals surface area contributed by atoms with Gasteiger partial charge in [-0.3, -0.25) is 9.69 Å². The van der Waals surface area contributed by atoms with Crippen LogP contribution in [0.3, 0.4) is 0 Å². The molecule has 2 aromatic carbocycles. The predicted molar refractivity (Wildman–Crippen MR) is 118 cm³/mol. The molecular formula is C23H29N3OS. The van der Waals surface area contributed by atoms with Crippen LogP contribution in [0.15, 0.2) is 54.6 Å². The third-order valence-electron chi connectivity index (χ3n) is 5.08. The van der Waals surface area contributed by atoms with E-state index in [1.165, 1.54) is 10.3 Å². The zero-order chi connectivity index (χ0) is 19.8. The number of amides is 1. The van der Waals surface area contributed by atoms with Crippen LogP contribution < -0.4 is 5.32 Å². The second kappa shape index (κ2) is 10.3. The molecule has 1 atom stereocenters. The first-order valence-corrected chi connectivity index (χ1v) is 10.9. The zero-order valence-corrected chi connectivity index (χ0v) is 17.5. The summed E-state index contributed by atoms with van der Waals surface area (Å²) in [5.74, 6) is 0.101. The second-order valence-corrected chi connectivity index (χ2v) is 8.06. The van der Waals surface area contributed by atoms with Crippen LogP contribution in [0.5, 0.6) is 0 Å². The van der Waals surface area contributed by atoms with E-state index in [9.17, 15) is 4.79 Å². The molecule has 1 N–H and O–H groups in total. The molecule has 1 heterocycles. The van der Waals surface area contributed by atoms with Crippen molar-refractivity contribution >= 4 is 27.5 Å². The van der Waals surface area contributed by atoms with Gasteiger partial charge in [-0.1, -0.05) is 56.3 Å². The van der Waals surface area contributed by atoms with E-state index in [4.69, 9.17) is 0 Å². The number of likely N-dealkylation sites (N-methyl/N-ethyl adjacent to an activating group) is 1. The fourth-order valence-corrected chi connectivity index (χ4v) is 4.49. The molecule has 0 aliphatic rings. The van der Waals surface area contributed by atoms with Crippen LogP contribution >= 0.6 is 11.3 Å². The summed E-state index contributed by atoms with van der Waals surface area (Å²) in [6, 6.07) is 18.9. The number of nitrogens with one attached hydrogen (secondary N) is 1. The summed E-state index contributed by atoms with van der Waals surface area (Å²) < 4.78 is 1.18. The molecule has 0 bridgehead atoms. The normalized spacial score (nSPS) is 12.4. The average molecular weight is 396 g/mol. The third kappa shape index (κ3) is 5.63. The summed E-state index contributed by atoms with van der Waals surface area (Å²) in [7, 11) is 0. The maximum Gasteiger partial charge on any atom is 0.220 e. The molecule has 0 spiro atoms. The Kier molecular flexibility index (Phi) is 7.57. The van der Waals surface area contributed by atoms with Gasteiger partial charge in [0.05, 0.1) is 15.2 Å². The highest BCUT2D eigenvalue weighted by Crippen LogP contribution is 2.22. The lowest BCUT2D eigenvalue weighted by atomic mass is 10.0. The quantitative estimate of drug-likeness (QED) is 0.557. The summed E-state index contributed by atoms with van der Waals surface area (Å²) in [6.07, 6.45) is 2.12. The minimum Gasteiger partial charge on any atom is -0.355 e. The van der Waals surface area contributed by atoms with Crippen LogP contribution in [0.4, 0.5) is 0 Å². The first-order chi connectivity index (χ1) is 13.7. The van der Waals surface area contributed by atoms with Crippen molar-refractivity contribution in [2.45, 2.75) is 39.2 Å². The van der Waals surface area contributed by atoms with Gasteiger partial charge >= 0.3 is 0 Å². The van der Waals surface area contributed by atoms with Crippen molar-refractivity contribution in [1.82, 2.24) is 15.2 Å². The highest BCUT2D eigenvalue weighted by molar-refractivity contribution is 7.18. The lowest BCUT2D eigenvalue weighted by Crippen LogP contribution is -2.45. The molecule has 5 heteroatoms. The first-order valence-electron chi connectivity index (χ1n) is 10.1. The highest BCUT2D eigenvalue weighted by Gasteiger charge is 2.17. The van der Waals surface area contributed by atoms with E-state index in [1.807, 2.05) is 24.3 Å². The molecular weight excluding hydrogens is 366 g/mol. The molecule has 3 aromatic rings. The van der Waals surface area contributed by atoms with Gasteiger partial charge in [0.2, 0.25) is 5.91 Å². The second-order valence-electron chi connectivity index (χ2n) is 6.94.